The molecule has 1 saturated heterocycles. The molecule has 1 aliphatic heterocycles. The van der Waals surface area contributed by atoms with Crippen LogP contribution in [0.1, 0.15) is 26.2 Å². The molecule has 1 fully saturated rings. The van der Waals surface area contributed by atoms with E-state index in [0.717, 1.165) is 19.5 Å². The van der Waals surface area contributed by atoms with Crippen molar-refractivity contribution in [2.45, 2.75) is 25.7 Å². The smallest absolute Gasteiger partial charge is 0.234 e. The minimum atomic E-state index is -0.0718. The van der Waals surface area contributed by atoms with Crippen molar-refractivity contribution >= 4 is 11.6 Å². The average Bonchev–Trinajstić information content (AvgIpc) is 3.09. The second-order valence-electron chi connectivity index (χ2n) is 5.52. The molecule has 1 N–H and O–H groups in total. The number of hydrogen-bond donors (Lipinski definition) is 1. The molecule has 106 valence electrons. The Morgan fingerprint density at radius 2 is 2.25 bits per heavy atom. The zero-order valence-electron chi connectivity index (χ0n) is 11.6. The van der Waals surface area contributed by atoms with Crippen molar-refractivity contribution in [1.29, 1.82) is 0 Å². The number of hydrogen-bond acceptors (Lipinski definition) is 5. The molecule has 1 aliphatic rings. The quantitative estimate of drug-likeness (QED) is 0.942. The molecule has 5 nitrogen and oxygen atoms in total. The van der Waals surface area contributed by atoms with Gasteiger partial charge in [-0.2, -0.15) is 4.98 Å². The summed E-state index contributed by atoms with van der Waals surface area (Å²) in [5, 5.41) is 8.05. The molecule has 0 saturated carbocycles. The van der Waals surface area contributed by atoms with Gasteiger partial charge < -0.3 is 9.84 Å². The molecule has 6 heteroatoms. The summed E-state index contributed by atoms with van der Waals surface area (Å²) >= 11 is 5.84. The van der Waals surface area contributed by atoms with Gasteiger partial charge in [0.25, 0.3) is 0 Å². The van der Waals surface area contributed by atoms with Crippen molar-refractivity contribution in [2.75, 3.05) is 13.1 Å². The van der Waals surface area contributed by atoms with Gasteiger partial charge in [-0.15, -0.1) is 0 Å². The topological polar surface area (TPSA) is 63.8 Å². The lowest BCUT2D eigenvalue weighted by atomic mass is 9.76. The van der Waals surface area contributed by atoms with Gasteiger partial charge in [-0.25, -0.2) is 0 Å². The van der Waals surface area contributed by atoms with E-state index in [9.17, 15) is 0 Å². The summed E-state index contributed by atoms with van der Waals surface area (Å²) in [4.78, 5) is 8.79. The molecule has 0 aromatic carbocycles. The van der Waals surface area contributed by atoms with Gasteiger partial charge in [0.1, 0.15) is 5.69 Å². The van der Waals surface area contributed by atoms with Gasteiger partial charge in [0, 0.05) is 12.7 Å². The number of nitrogens with zero attached hydrogens (tertiary/aromatic N) is 3. The first kappa shape index (κ1) is 13.5. The first-order valence-electron chi connectivity index (χ1n) is 6.79. The van der Waals surface area contributed by atoms with Gasteiger partial charge in [0.05, 0.1) is 10.4 Å². The first-order chi connectivity index (χ1) is 9.62. The second-order valence-corrected chi connectivity index (χ2v) is 5.96. The zero-order valence-corrected chi connectivity index (χ0v) is 12.3. The maximum atomic E-state index is 5.84. The fourth-order valence-electron chi connectivity index (χ4n) is 2.67. The van der Waals surface area contributed by atoms with Crippen molar-refractivity contribution in [3.8, 4) is 11.5 Å². The lowest BCUT2D eigenvalue weighted by Gasteiger charge is -2.27. The molecule has 3 rings (SSSR count). The minimum absolute atomic E-state index is 0.0718. The molecule has 0 bridgehead atoms. The predicted octanol–water partition coefficient (Wildman–Crippen LogP) is 2.67. The van der Waals surface area contributed by atoms with Crippen LogP contribution >= 0.6 is 11.6 Å². The Hall–Kier alpha value is -1.46. The molecule has 1 atom stereocenters. The van der Waals surface area contributed by atoms with Gasteiger partial charge in [-0.3, -0.25) is 4.98 Å². The van der Waals surface area contributed by atoms with Crippen molar-refractivity contribution < 1.29 is 4.52 Å². The van der Waals surface area contributed by atoms with Crippen LogP contribution in [0.4, 0.5) is 0 Å². The van der Waals surface area contributed by atoms with Crippen LogP contribution in [0.15, 0.2) is 22.9 Å². The Morgan fingerprint density at radius 1 is 1.40 bits per heavy atom. The van der Waals surface area contributed by atoms with E-state index in [0.29, 0.717) is 28.3 Å². The lowest BCUT2D eigenvalue weighted by molar-refractivity contribution is 0.234. The highest BCUT2D eigenvalue weighted by molar-refractivity contribution is 6.30. The summed E-state index contributed by atoms with van der Waals surface area (Å²) in [6.07, 6.45) is 2.60. The highest BCUT2D eigenvalue weighted by Gasteiger charge is 2.43. The van der Waals surface area contributed by atoms with E-state index >= 15 is 0 Å². The van der Waals surface area contributed by atoms with Crippen molar-refractivity contribution in [2.24, 2.45) is 5.92 Å². The largest absolute Gasteiger partial charge is 0.338 e. The van der Waals surface area contributed by atoms with Crippen LogP contribution in [-0.2, 0) is 5.41 Å². The fourth-order valence-corrected chi connectivity index (χ4v) is 2.78. The van der Waals surface area contributed by atoms with Crippen LogP contribution in [0.5, 0.6) is 0 Å². The van der Waals surface area contributed by atoms with Crippen LogP contribution in [0.3, 0.4) is 0 Å². The summed E-state index contributed by atoms with van der Waals surface area (Å²) in [7, 11) is 0. The maximum absolute atomic E-state index is 5.84. The first-order valence-corrected chi connectivity index (χ1v) is 7.16. The monoisotopic (exact) mass is 292 g/mol. The van der Waals surface area contributed by atoms with E-state index in [4.69, 9.17) is 16.1 Å². The van der Waals surface area contributed by atoms with Crippen molar-refractivity contribution in [3.05, 3.63) is 29.2 Å². The molecule has 20 heavy (non-hydrogen) atoms. The minimum Gasteiger partial charge on any atom is -0.338 e. The number of aromatic nitrogens is 3. The second kappa shape index (κ2) is 5.14. The highest BCUT2D eigenvalue weighted by Crippen LogP contribution is 2.37. The molecule has 0 radical (unpaired) electrons. The van der Waals surface area contributed by atoms with Crippen LogP contribution < -0.4 is 5.32 Å². The van der Waals surface area contributed by atoms with Gasteiger partial charge in [0.2, 0.25) is 11.7 Å². The Balaban J connectivity index is 1.95. The predicted molar refractivity (Wildman–Crippen MR) is 76.5 cm³/mol. The molecule has 3 heterocycles. The maximum Gasteiger partial charge on any atom is 0.234 e. The van der Waals surface area contributed by atoms with Gasteiger partial charge in [-0.1, -0.05) is 30.6 Å². The molecule has 1 unspecified atom stereocenters. The van der Waals surface area contributed by atoms with Crippen molar-refractivity contribution in [3.63, 3.8) is 0 Å². The van der Waals surface area contributed by atoms with E-state index in [2.05, 4.69) is 34.3 Å². The number of halogens is 1. The molecule has 0 amide bonds. The third kappa shape index (κ3) is 2.21. The normalized spacial score (nSPS) is 22.6. The molecule has 2 aromatic heterocycles. The van der Waals surface area contributed by atoms with Crippen molar-refractivity contribution in [1.82, 2.24) is 20.4 Å². The van der Waals surface area contributed by atoms with E-state index in [1.54, 1.807) is 18.3 Å². The Bertz CT molecular complexity index is 587. The van der Waals surface area contributed by atoms with E-state index in [-0.39, 0.29) is 5.41 Å². The third-order valence-corrected chi connectivity index (χ3v) is 4.33. The van der Waals surface area contributed by atoms with E-state index in [1.807, 2.05) is 0 Å². The molecular weight excluding hydrogens is 276 g/mol. The lowest BCUT2D eigenvalue weighted by Crippen LogP contribution is -2.35. The van der Waals surface area contributed by atoms with Crippen LogP contribution in [0.2, 0.25) is 5.02 Å². The third-order valence-electron chi connectivity index (χ3n) is 4.10. The fraction of sp³-hybridized carbons (Fsp3) is 0.500. The zero-order chi connectivity index (χ0) is 14.2. The van der Waals surface area contributed by atoms with Crippen LogP contribution in [-0.4, -0.2) is 28.2 Å². The Morgan fingerprint density at radius 3 is 2.85 bits per heavy atom. The van der Waals surface area contributed by atoms with Crippen LogP contribution in [0, 0.1) is 5.92 Å². The van der Waals surface area contributed by atoms with E-state index in [1.165, 1.54) is 0 Å². The molecular formula is C14H17ClN4O. The average molecular weight is 293 g/mol. The van der Waals surface area contributed by atoms with Gasteiger partial charge >= 0.3 is 0 Å². The number of rotatable bonds is 3. The summed E-state index contributed by atoms with van der Waals surface area (Å²) in [6, 6.07) is 3.57. The number of nitrogens with one attached hydrogen (secondary N) is 1. The summed E-state index contributed by atoms with van der Waals surface area (Å²) < 4.78 is 5.52. The SMILES string of the molecule is CC(C)C1(c2nc(-c3ccc(Cl)cn3)no2)CCNC1. The van der Waals surface area contributed by atoms with E-state index < -0.39 is 0 Å². The summed E-state index contributed by atoms with van der Waals surface area (Å²) in [5.41, 5.74) is 0.603. The Labute approximate surface area is 122 Å². The Kier molecular flexibility index (Phi) is 3.48. The highest BCUT2D eigenvalue weighted by atomic mass is 35.5. The van der Waals surface area contributed by atoms with Gasteiger partial charge in [0.15, 0.2) is 0 Å². The van der Waals surface area contributed by atoms with Crippen LogP contribution in [0.25, 0.3) is 11.5 Å². The molecule has 2 aromatic rings. The number of pyridine rings is 1. The molecule has 0 aliphatic carbocycles. The van der Waals surface area contributed by atoms with Gasteiger partial charge in [-0.05, 0) is 31.0 Å². The summed E-state index contributed by atoms with van der Waals surface area (Å²) in [5.74, 6) is 1.65. The molecule has 0 spiro atoms. The standard InChI is InChI=1S/C14H17ClN4O/c1-9(2)14(5-6-16-8-14)13-18-12(19-20-13)11-4-3-10(15)7-17-11/h3-4,7,9,16H,5-6,8H2,1-2H3. The summed E-state index contributed by atoms with van der Waals surface area (Å²) in [6.45, 7) is 6.24.